The fourth-order valence-electron chi connectivity index (χ4n) is 2.14. The Morgan fingerprint density at radius 1 is 1.22 bits per heavy atom. The van der Waals surface area contributed by atoms with Gasteiger partial charge in [0.1, 0.15) is 5.75 Å². The summed E-state index contributed by atoms with van der Waals surface area (Å²) >= 11 is 0. The standard InChI is InChI=1S/C17H20N4O2/c1-23-15-6-2-12(3-7-15)8-9-18-17-19-10-13(11-20-17)16(22)21-14-4-5-14/h2-3,6-7,10-11,14H,4-5,8-9H2,1H3,(H,21,22)(H,18,19,20). The topological polar surface area (TPSA) is 76.1 Å². The number of methoxy groups -OCH3 is 1. The number of aromatic nitrogens is 2. The maximum atomic E-state index is 11.8. The number of hydrogen-bond donors (Lipinski definition) is 2. The molecule has 1 saturated carbocycles. The lowest BCUT2D eigenvalue weighted by Crippen LogP contribution is -2.25. The molecule has 3 rings (SSSR count). The number of nitrogens with one attached hydrogen (secondary N) is 2. The van der Waals surface area contributed by atoms with Crippen LogP contribution in [0.3, 0.4) is 0 Å². The molecule has 0 atom stereocenters. The molecule has 0 saturated heterocycles. The molecule has 1 aliphatic carbocycles. The van der Waals surface area contributed by atoms with E-state index < -0.39 is 0 Å². The average molecular weight is 312 g/mol. The molecule has 0 radical (unpaired) electrons. The Bertz CT molecular complexity index is 651. The molecule has 2 aromatic rings. The molecule has 1 heterocycles. The number of benzene rings is 1. The van der Waals surface area contributed by atoms with Crippen LogP contribution in [0.1, 0.15) is 28.8 Å². The summed E-state index contributed by atoms with van der Waals surface area (Å²) in [5.41, 5.74) is 1.70. The molecule has 1 fully saturated rings. The maximum Gasteiger partial charge on any atom is 0.254 e. The van der Waals surface area contributed by atoms with E-state index in [4.69, 9.17) is 4.74 Å². The van der Waals surface area contributed by atoms with Gasteiger partial charge in [0.25, 0.3) is 5.91 Å². The van der Waals surface area contributed by atoms with Gasteiger partial charge in [0.05, 0.1) is 12.7 Å². The van der Waals surface area contributed by atoms with Crippen molar-refractivity contribution >= 4 is 11.9 Å². The van der Waals surface area contributed by atoms with Crippen molar-refractivity contribution in [1.29, 1.82) is 0 Å². The molecule has 6 nitrogen and oxygen atoms in total. The Hall–Kier alpha value is -2.63. The highest BCUT2D eigenvalue weighted by Crippen LogP contribution is 2.19. The van der Waals surface area contributed by atoms with Crippen LogP contribution in [0.5, 0.6) is 5.75 Å². The van der Waals surface area contributed by atoms with E-state index in [1.807, 2.05) is 24.3 Å². The number of amides is 1. The molecule has 0 spiro atoms. The van der Waals surface area contributed by atoms with Gasteiger partial charge in [-0.1, -0.05) is 12.1 Å². The van der Waals surface area contributed by atoms with Gasteiger partial charge < -0.3 is 15.4 Å². The zero-order valence-corrected chi connectivity index (χ0v) is 13.1. The predicted molar refractivity (Wildman–Crippen MR) is 87.7 cm³/mol. The van der Waals surface area contributed by atoms with Crippen molar-refractivity contribution in [2.45, 2.75) is 25.3 Å². The van der Waals surface area contributed by atoms with Crippen molar-refractivity contribution in [3.05, 3.63) is 47.8 Å². The number of carbonyl (C=O) groups is 1. The molecule has 1 aromatic heterocycles. The fraction of sp³-hybridized carbons (Fsp3) is 0.353. The van der Waals surface area contributed by atoms with Crippen LogP contribution in [0.15, 0.2) is 36.7 Å². The number of nitrogens with zero attached hydrogens (tertiary/aromatic N) is 2. The van der Waals surface area contributed by atoms with Crippen LogP contribution < -0.4 is 15.4 Å². The lowest BCUT2D eigenvalue weighted by atomic mass is 10.1. The molecule has 1 amide bonds. The van der Waals surface area contributed by atoms with Gasteiger partial charge in [-0.25, -0.2) is 9.97 Å². The van der Waals surface area contributed by atoms with E-state index in [-0.39, 0.29) is 5.91 Å². The maximum absolute atomic E-state index is 11.8. The minimum Gasteiger partial charge on any atom is -0.497 e. The van der Waals surface area contributed by atoms with E-state index in [1.165, 1.54) is 5.56 Å². The quantitative estimate of drug-likeness (QED) is 0.818. The van der Waals surface area contributed by atoms with Crippen LogP contribution in [0.25, 0.3) is 0 Å². The normalized spacial score (nSPS) is 13.4. The molecular weight excluding hydrogens is 292 g/mol. The van der Waals surface area contributed by atoms with E-state index in [0.29, 0.717) is 17.6 Å². The summed E-state index contributed by atoms with van der Waals surface area (Å²) in [5.74, 6) is 1.28. The van der Waals surface area contributed by atoms with Gasteiger partial charge in [0.2, 0.25) is 5.95 Å². The molecule has 0 aliphatic heterocycles. The summed E-state index contributed by atoms with van der Waals surface area (Å²) in [6.07, 6.45) is 6.10. The smallest absolute Gasteiger partial charge is 0.254 e. The molecule has 1 aliphatic rings. The van der Waals surface area contributed by atoms with E-state index in [9.17, 15) is 4.79 Å². The fourth-order valence-corrected chi connectivity index (χ4v) is 2.14. The summed E-state index contributed by atoms with van der Waals surface area (Å²) < 4.78 is 5.13. The van der Waals surface area contributed by atoms with Crippen molar-refractivity contribution < 1.29 is 9.53 Å². The Kier molecular flexibility index (Phi) is 4.71. The van der Waals surface area contributed by atoms with Crippen LogP contribution in [-0.2, 0) is 6.42 Å². The van der Waals surface area contributed by atoms with Crippen molar-refractivity contribution in [3.8, 4) is 5.75 Å². The molecule has 0 unspecified atom stereocenters. The van der Waals surface area contributed by atoms with Gasteiger partial charge in [-0.05, 0) is 37.0 Å². The van der Waals surface area contributed by atoms with Gasteiger partial charge in [-0.2, -0.15) is 0 Å². The highest BCUT2D eigenvalue weighted by atomic mass is 16.5. The van der Waals surface area contributed by atoms with E-state index in [2.05, 4.69) is 20.6 Å². The molecule has 120 valence electrons. The number of hydrogen-bond acceptors (Lipinski definition) is 5. The zero-order chi connectivity index (χ0) is 16.1. The van der Waals surface area contributed by atoms with Crippen molar-refractivity contribution in [3.63, 3.8) is 0 Å². The largest absolute Gasteiger partial charge is 0.497 e. The average Bonchev–Trinajstić information content (AvgIpc) is 3.40. The number of anilines is 1. The number of carbonyl (C=O) groups excluding carboxylic acids is 1. The number of rotatable bonds is 7. The first kappa shape index (κ1) is 15.3. The highest BCUT2D eigenvalue weighted by Gasteiger charge is 2.23. The summed E-state index contributed by atoms with van der Waals surface area (Å²) in [5, 5.41) is 6.07. The zero-order valence-electron chi connectivity index (χ0n) is 13.1. The summed E-state index contributed by atoms with van der Waals surface area (Å²) in [4.78, 5) is 20.2. The first-order chi connectivity index (χ1) is 11.2. The van der Waals surface area contributed by atoms with E-state index in [1.54, 1.807) is 19.5 Å². The molecule has 0 bridgehead atoms. The second-order valence-electron chi connectivity index (χ2n) is 5.57. The summed E-state index contributed by atoms with van der Waals surface area (Å²) in [6.45, 7) is 0.722. The number of ether oxygens (including phenoxy) is 1. The Morgan fingerprint density at radius 2 is 1.91 bits per heavy atom. The lowest BCUT2D eigenvalue weighted by Gasteiger charge is -2.07. The van der Waals surface area contributed by atoms with Gasteiger partial charge in [-0.3, -0.25) is 4.79 Å². The monoisotopic (exact) mass is 312 g/mol. The molecular formula is C17H20N4O2. The molecule has 23 heavy (non-hydrogen) atoms. The van der Waals surface area contributed by atoms with Crippen LogP contribution in [0.4, 0.5) is 5.95 Å². The van der Waals surface area contributed by atoms with Crippen LogP contribution >= 0.6 is 0 Å². The molecule has 2 N–H and O–H groups in total. The Morgan fingerprint density at radius 3 is 2.52 bits per heavy atom. The SMILES string of the molecule is COc1ccc(CCNc2ncc(C(=O)NC3CC3)cn2)cc1. The summed E-state index contributed by atoms with van der Waals surface area (Å²) in [7, 11) is 1.66. The third-order valence-electron chi connectivity index (χ3n) is 3.68. The minimum absolute atomic E-state index is 0.0997. The summed E-state index contributed by atoms with van der Waals surface area (Å²) in [6, 6.07) is 8.29. The van der Waals surface area contributed by atoms with E-state index in [0.717, 1.165) is 31.6 Å². The predicted octanol–water partition coefficient (Wildman–Crippen LogP) is 2.03. The van der Waals surface area contributed by atoms with Crippen molar-refractivity contribution in [1.82, 2.24) is 15.3 Å². The van der Waals surface area contributed by atoms with Crippen molar-refractivity contribution in [2.75, 3.05) is 19.0 Å². The third kappa shape index (κ3) is 4.42. The van der Waals surface area contributed by atoms with Crippen LogP contribution in [-0.4, -0.2) is 35.6 Å². The first-order valence-corrected chi connectivity index (χ1v) is 7.74. The second-order valence-corrected chi connectivity index (χ2v) is 5.57. The van der Waals surface area contributed by atoms with Crippen LogP contribution in [0, 0.1) is 0 Å². The Labute approximate surface area is 135 Å². The Balaban J connectivity index is 1.46. The van der Waals surface area contributed by atoms with Gasteiger partial charge in [0.15, 0.2) is 0 Å². The molecule has 6 heteroatoms. The highest BCUT2D eigenvalue weighted by molar-refractivity contribution is 5.94. The third-order valence-corrected chi connectivity index (χ3v) is 3.68. The minimum atomic E-state index is -0.0997. The van der Waals surface area contributed by atoms with Gasteiger partial charge in [0, 0.05) is 25.0 Å². The van der Waals surface area contributed by atoms with Crippen molar-refractivity contribution in [2.24, 2.45) is 0 Å². The first-order valence-electron chi connectivity index (χ1n) is 7.74. The van der Waals surface area contributed by atoms with Gasteiger partial charge in [-0.15, -0.1) is 0 Å². The van der Waals surface area contributed by atoms with Crippen LogP contribution in [0.2, 0.25) is 0 Å². The molecule has 1 aromatic carbocycles. The second kappa shape index (κ2) is 7.09. The lowest BCUT2D eigenvalue weighted by molar-refractivity contribution is 0.0950. The van der Waals surface area contributed by atoms with E-state index >= 15 is 0 Å². The van der Waals surface area contributed by atoms with Gasteiger partial charge >= 0.3 is 0 Å².